The number of aromatic nitrogens is 3. The molecule has 12 aromatic rings. The maximum absolute atomic E-state index is 6.86. The molecule has 5 nitrogen and oxygen atoms in total. The number of benzene rings is 8. The molecule has 0 saturated carbocycles. The molecular formula is C51H29N3O2S. The molecular weight excluding hydrogens is 719 g/mol. The molecule has 12 rings (SSSR count). The van der Waals surface area contributed by atoms with Crippen LogP contribution in [0.5, 0.6) is 0 Å². The van der Waals surface area contributed by atoms with E-state index in [0.29, 0.717) is 17.5 Å². The predicted molar refractivity (Wildman–Crippen MR) is 234 cm³/mol. The molecule has 0 aliphatic carbocycles. The summed E-state index contributed by atoms with van der Waals surface area (Å²) in [6.07, 6.45) is 0. The first kappa shape index (κ1) is 31.9. The molecule has 0 radical (unpaired) electrons. The normalized spacial score (nSPS) is 11.9. The number of furan rings is 2. The molecule has 0 spiro atoms. The molecule has 8 aromatic carbocycles. The quantitative estimate of drug-likeness (QED) is 0.175. The van der Waals surface area contributed by atoms with Gasteiger partial charge in [0.05, 0.1) is 0 Å². The Bertz CT molecular complexity index is 3540. The molecule has 0 bridgehead atoms. The summed E-state index contributed by atoms with van der Waals surface area (Å²) in [4.78, 5) is 15.1. The molecule has 0 fully saturated rings. The molecule has 4 heterocycles. The molecule has 0 N–H and O–H groups in total. The van der Waals surface area contributed by atoms with Crippen molar-refractivity contribution in [2.45, 2.75) is 0 Å². The van der Waals surface area contributed by atoms with Crippen LogP contribution in [0.1, 0.15) is 0 Å². The number of hydrogen-bond acceptors (Lipinski definition) is 6. The van der Waals surface area contributed by atoms with Gasteiger partial charge in [0.15, 0.2) is 17.5 Å². The van der Waals surface area contributed by atoms with Crippen LogP contribution in [-0.4, -0.2) is 15.0 Å². The van der Waals surface area contributed by atoms with Crippen molar-refractivity contribution in [2.75, 3.05) is 0 Å². The van der Waals surface area contributed by atoms with Crippen LogP contribution >= 0.6 is 11.3 Å². The summed E-state index contributed by atoms with van der Waals surface area (Å²) in [5.41, 5.74) is 10.4. The first-order valence-electron chi connectivity index (χ1n) is 18.9. The fraction of sp³-hybridized carbons (Fsp3) is 0. The van der Waals surface area contributed by atoms with Crippen LogP contribution in [0.15, 0.2) is 185 Å². The molecule has 6 heteroatoms. The highest BCUT2D eigenvalue weighted by Crippen LogP contribution is 2.45. The molecule has 0 saturated heterocycles. The van der Waals surface area contributed by atoms with E-state index >= 15 is 0 Å². The Kier molecular flexibility index (Phi) is 7.03. The zero-order valence-corrected chi connectivity index (χ0v) is 31.1. The Hall–Kier alpha value is -7.41. The molecule has 0 amide bonds. The van der Waals surface area contributed by atoms with E-state index < -0.39 is 0 Å². The molecule has 4 aromatic heterocycles. The van der Waals surface area contributed by atoms with Crippen LogP contribution in [0.4, 0.5) is 0 Å². The van der Waals surface area contributed by atoms with Crippen LogP contribution in [-0.2, 0) is 0 Å². The summed E-state index contributed by atoms with van der Waals surface area (Å²) in [7, 11) is 0. The first-order valence-corrected chi connectivity index (χ1v) is 19.7. The standard InChI is InChI=1S/C51H29N3O2S/c1-2-12-30(13-3-1)49-52-50(31-24-26-36-35-16-6-8-21-42(35)55-43(36)28-31)54-51(53-49)32-25-27-37-40-20-10-19-39(48(40)56-44(37)29-32)34-15-5-4-14-33(34)38-18-11-23-46-47(38)41-17-7-9-22-45(41)57-46/h1-29H. The lowest BCUT2D eigenvalue weighted by Gasteiger charge is -2.12. The van der Waals surface area contributed by atoms with Crippen LogP contribution < -0.4 is 0 Å². The third kappa shape index (κ3) is 5.12. The van der Waals surface area contributed by atoms with Crippen molar-refractivity contribution in [1.29, 1.82) is 0 Å². The monoisotopic (exact) mass is 747 g/mol. The van der Waals surface area contributed by atoms with E-state index in [9.17, 15) is 0 Å². The smallest absolute Gasteiger partial charge is 0.164 e. The molecule has 0 aliphatic heterocycles. The van der Waals surface area contributed by atoms with E-state index in [0.717, 1.165) is 71.7 Å². The second-order valence-electron chi connectivity index (χ2n) is 14.3. The number of para-hydroxylation sites is 2. The van der Waals surface area contributed by atoms with Crippen LogP contribution in [0.2, 0.25) is 0 Å². The van der Waals surface area contributed by atoms with Gasteiger partial charge in [-0.25, -0.2) is 15.0 Å². The van der Waals surface area contributed by atoms with Crippen molar-refractivity contribution >= 4 is 75.4 Å². The van der Waals surface area contributed by atoms with Gasteiger partial charge in [-0.1, -0.05) is 133 Å². The van der Waals surface area contributed by atoms with E-state index in [4.69, 9.17) is 23.8 Å². The van der Waals surface area contributed by atoms with Crippen molar-refractivity contribution in [3.8, 4) is 56.4 Å². The predicted octanol–water partition coefficient (Wildman–Crippen LogP) is 14.4. The first-order chi connectivity index (χ1) is 28.2. The Morgan fingerprint density at radius 2 is 0.860 bits per heavy atom. The average molecular weight is 748 g/mol. The van der Waals surface area contributed by atoms with Gasteiger partial charge in [-0.15, -0.1) is 11.3 Å². The second-order valence-corrected chi connectivity index (χ2v) is 15.4. The van der Waals surface area contributed by atoms with Gasteiger partial charge in [-0.2, -0.15) is 0 Å². The second kappa shape index (κ2) is 12.6. The molecule has 0 atom stereocenters. The summed E-state index contributed by atoms with van der Waals surface area (Å²) in [6, 6.07) is 61.0. The van der Waals surface area contributed by atoms with Gasteiger partial charge < -0.3 is 8.83 Å². The van der Waals surface area contributed by atoms with E-state index in [1.807, 2.05) is 65.9 Å². The number of rotatable bonds is 5. The number of nitrogens with zero attached hydrogens (tertiary/aromatic N) is 3. The van der Waals surface area contributed by atoms with Gasteiger partial charge in [0.2, 0.25) is 0 Å². The Morgan fingerprint density at radius 3 is 1.65 bits per heavy atom. The number of fused-ring (bicyclic) bond motifs is 9. The van der Waals surface area contributed by atoms with Crippen LogP contribution in [0.25, 0.3) is 120 Å². The Morgan fingerprint density at radius 1 is 0.333 bits per heavy atom. The van der Waals surface area contributed by atoms with Crippen molar-refractivity contribution in [1.82, 2.24) is 15.0 Å². The fourth-order valence-corrected chi connectivity index (χ4v) is 9.45. The van der Waals surface area contributed by atoms with E-state index in [2.05, 4.69) is 121 Å². The summed E-state index contributed by atoms with van der Waals surface area (Å²) in [5, 5.41) is 6.80. The summed E-state index contributed by atoms with van der Waals surface area (Å²) in [6.45, 7) is 0. The van der Waals surface area contributed by atoms with Gasteiger partial charge in [-0.3, -0.25) is 0 Å². The van der Waals surface area contributed by atoms with Crippen molar-refractivity contribution in [3.63, 3.8) is 0 Å². The summed E-state index contributed by atoms with van der Waals surface area (Å²) < 4.78 is 15.7. The topological polar surface area (TPSA) is 65.0 Å². The van der Waals surface area contributed by atoms with Gasteiger partial charge in [0.1, 0.15) is 22.3 Å². The highest BCUT2D eigenvalue weighted by molar-refractivity contribution is 7.25. The van der Waals surface area contributed by atoms with Crippen LogP contribution in [0.3, 0.4) is 0 Å². The molecule has 0 aliphatic rings. The third-order valence-electron chi connectivity index (χ3n) is 11.0. The lowest BCUT2D eigenvalue weighted by molar-refractivity contribution is 0.669. The third-order valence-corrected chi connectivity index (χ3v) is 12.1. The van der Waals surface area contributed by atoms with Crippen LogP contribution in [0, 0.1) is 0 Å². The lowest BCUT2D eigenvalue weighted by atomic mass is 9.91. The maximum atomic E-state index is 6.86. The zero-order valence-electron chi connectivity index (χ0n) is 30.3. The average Bonchev–Trinajstić information content (AvgIpc) is 3.97. The zero-order chi connectivity index (χ0) is 37.5. The van der Waals surface area contributed by atoms with E-state index in [-0.39, 0.29) is 0 Å². The lowest BCUT2D eigenvalue weighted by Crippen LogP contribution is -2.00. The van der Waals surface area contributed by atoms with Gasteiger partial charge in [-0.05, 0) is 59.2 Å². The van der Waals surface area contributed by atoms with E-state index in [1.54, 1.807) is 0 Å². The van der Waals surface area contributed by atoms with Crippen molar-refractivity contribution < 1.29 is 8.83 Å². The fourth-order valence-electron chi connectivity index (χ4n) is 8.32. The van der Waals surface area contributed by atoms with Crippen molar-refractivity contribution in [2.24, 2.45) is 0 Å². The highest BCUT2D eigenvalue weighted by atomic mass is 32.1. The van der Waals surface area contributed by atoms with Gasteiger partial charge >= 0.3 is 0 Å². The minimum Gasteiger partial charge on any atom is -0.456 e. The van der Waals surface area contributed by atoms with Gasteiger partial charge in [0, 0.05) is 64.0 Å². The highest BCUT2D eigenvalue weighted by Gasteiger charge is 2.20. The Labute approximate surface area is 330 Å². The van der Waals surface area contributed by atoms with Gasteiger partial charge in [0.25, 0.3) is 0 Å². The minimum atomic E-state index is 0.563. The largest absolute Gasteiger partial charge is 0.456 e. The van der Waals surface area contributed by atoms with E-state index in [1.165, 1.54) is 31.3 Å². The minimum absolute atomic E-state index is 0.563. The number of thiophene rings is 1. The molecule has 266 valence electrons. The maximum Gasteiger partial charge on any atom is 0.164 e. The number of hydrogen-bond donors (Lipinski definition) is 0. The summed E-state index contributed by atoms with van der Waals surface area (Å²) in [5.74, 6) is 1.73. The van der Waals surface area contributed by atoms with Crippen molar-refractivity contribution in [3.05, 3.63) is 176 Å². The Balaban J connectivity index is 1.01. The SMILES string of the molecule is c1ccc(-c2nc(-c3ccc4c(c3)oc3ccccc34)nc(-c3ccc4c(c3)oc3c(-c5ccccc5-c5cccc6sc7ccccc7c56)cccc34)n2)cc1. The summed E-state index contributed by atoms with van der Waals surface area (Å²) >= 11 is 1.84. The molecule has 57 heavy (non-hydrogen) atoms. The molecule has 0 unspecified atom stereocenters.